The standard InChI is InChI=1S/C26H26N8O3S/c27-22-25(36)34(17-6-7-20-18(12-17)33(10-11-37-20)16-4-2-1-3-5-16)19-13-21(38-24(19)31-22)23(35)30-15-8-9-32(14-15)26(28)29/h1-7,12-13,15H,8-11,14H2,(H2,27,31)(H3,28,29)(H,30,35). The molecule has 0 aliphatic carbocycles. The molecular formula is C26H26N8O3S. The van der Waals surface area contributed by atoms with Crippen LogP contribution >= 0.6 is 11.3 Å². The molecule has 6 rings (SSSR count). The molecule has 1 fully saturated rings. The van der Waals surface area contributed by atoms with Gasteiger partial charge >= 0.3 is 0 Å². The largest absolute Gasteiger partial charge is 0.490 e. The van der Waals surface area contributed by atoms with Gasteiger partial charge in [0.15, 0.2) is 11.8 Å². The summed E-state index contributed by atoms with van der Waals surface area (Å²) < 4.78 is 7.38. The van der Waals surface area contributed by atoms with Crippen molar-refractivity contribution in [1.29, 1.82) is 5.41 Å². The first kappa shape index (κ1) is 23.8. The Labute approximate surface area is 221 Å². The molecule has 4 heterocycles. The summed E-state index contributed by atoms with van der Waals surface area (Å²) in [6.07, 6.45) is 0.696. The molecule has 0 saturated carbocycles. The number of hydrogen-bond acceptors (Lipinski definition) is 8. The van der Waals surface area contributed by atoms with Gasteiger partial charge in [-0.25, -0.2) is 4.98 Å². The third kappa shape index (κ3) is 4.18. The molecule has 4 aromatic rings. The lowest BCUT2D eigenvalue weighted by molar-refractivity contribution is 0.0943. The Morgan fingerprint density at radius 1 is 1.13 bits per heavy atom. The van der Waals surface area contributed by atoms with Gasteiger partial charge in [-0.05, 0) is 42.8 Å². The molecule has 2 aromatic carbocycles. The summed E-state index contributed by atoms with van der Waals surface area (Å²) in [6.45, 7) is 2.30. The Morgan fingerprint density at radius 2 is 1.95 bits per heavy atom. The molecule has 1 atom stereocenters. The number of nitrogens with one attached hydrogen (secondary N) is 2. The summed E-state index contributed by atoms with van der Waals surface area (Å²) in [5.74, 6) is 0.300. The number of likely N-dealkylation sites (tertiary alicyclic amines) is 1. The van der Waals surface area contributed by atoms with E-state index in [-0.39, 0.29) is 23.7 Å². The predicted octanol–water partition coefficient (Wildman–Crippen LogP) is 2.26. The number of thiophene rings is 1. The number of nitrogens with zero attached hydrogens (tertiary/aromatic N) is 4. The summed E-state index contributed by atoms with van der Waals surface area (Å²) in [5.41, 5.74) is 14.1. The van der Waals surface area contributed by atoms with Crippen molar-refractivity contribution in [3.63, 3.8) is 0 Å². The number of nitrogen functional groups attached to an aromatic ring is 1. The van der Waals surface area contributed by atoms with Crippen molar-refractivity contribution < 1.29 is 9.53 Å². The van der Waals surface area contributed by atoms with Gasteiger partial charge in [-0.1, -0.05) is 18.2 Å². The second kappa shape index (κ2) is 9.38. The second-order valence-corrected chi connectivity index (χ2v) is 10.2. The number of amides is 1. The van der Waals surface area contributed by atoms with Crippen LogP contribution in [-0.2, 0) is 0 Å². The van der Waals surface area contributed by atoms with Crippen molar-refractivity contribution in [2.45, 2.75) is 12.5 Å². The van der Waals surface area contributed by atoms with Gasteiger partial charge in [0.2, 0.25) is 0 Å². The lowest BCUT2D eigenvalue weighted by Crippen LogP contribution is -2.40. The quantitative estimate of drug-likeness (QED) is 0.231. The van der Waals surface area contributed by atoms with Crippen LogP contribution in [0.1, 0.15) is 16.1 Å². The van der Waals surface area contributed by atoms with Crippen LogP contribution in [0.3, 0.4) is 0 Å². The number of nitrogens with two attached hydrogens (primary N) is 2. The molecule has 0 bridgehead atoms. The van der Waals surface area contributed by atoms with Crippen LogP contribution in [-0.4, -0.2) is 58.6 Å². The number of rotatable bonds is 4. The molecule has 0 spiro atoms. The van der Waals surface area contributed by atoms with E-state index in [4.69, 9.17) is 21.6 Å². The number of para-hydroxylation sites is 1. The molecule has 2 aromatic heterocycles. The number of fused-ring (bicyclic) bond motifs is 2. The first-order valence-electron chi connectivity index (χ1n) is 12.2. The van der Waals surface area contributed by atoms with Crippen molar-refractivity contribution in [1.82, 2.24) is 19.8 Å². The number of hydrogen-bond donors (Lipinski definition) is 4. The van der Waals surface area contributed by atoms with E-state index in [0.29, 0.717) is 53.6 Å². The Hall–Kier alpha value is -4.58. The smallest absolute Gasteiger partial charge is 0.298 e. The SMILES string of the molecule is N=C(N)N1CCC(NC(=O)c2cc3c(nc(N)c(=O)n3-c3ccc4c(c3)N(c3ccccc3)CCO4)s2)C1. The van der Waals surface area contributed by atoms with E-state index in [9.17, 15) is 9.59 Å². The minimum absolute atomic E-state index is 0.00594. The van der Waals surface area contributed by atoms with E-state index in [1.54, 1.807) is 17.0 Å². The molecule has 1 saturated heterocycles. The molecule has 12 heteroatoms. The third-order valence-corrected chi connectivity index (χ3v) is 7.82. The topological polar surface area (TPSA) is 156 Å². The molecular weight excluding hydrogens is 504 g/mol. The summed E-state index contributed by atoms with van der Waals surface area (Å²) >= 11 is 1.18. The minimum Gasteiger partial charge on any atom is -0.490 e. The molecule has 1 amide bonds. The number of ether oxygens (including phenoxy) is 1. The monoisotopic (exact) mass is 530 g/mol. The predicted molar refractivity (Wildman–Crippen MR) is 148 cm³/mol. The molecule has 6 N–H and O–H groups in total. The van der Waals surface area contributed by atoms with Gasteiger partial charge in [0.1, 0.15) is 17.2 Å². The van der Waals surface area contributed by atoms with Crippen LogP contribution in [0.2, 0.25) is 0 Å². The highest BCUT2D eigenvalue weighted by Crippen LogP contribution is 2.38. The van der Waals surface area contributed by atoms with Crippen LogP contribution in [0, 0.1) is 5.41 Å². The molecule has 1 unspecified atom stereocenters. The van der Waals surface area contributed by atoms with Crippen molar-refractivity contribution in [2.75, 3.05) is 36.9 Å². The van der Waals surface area contributed by atoms with E-state index in [0.717, 1.165) is 17.1 Å². The lowest BCUT2D eigenvalue weighted by Gasteiger charge is -2.31. The number of carbonyl (C=O) groups is 1. The summed E-state index contributed by atoms with van der Waals surface area (Å²) in [5, 5.41) is 10.6. The molecule has 2 aliphatic heterocycles. The maximum Gasteiger partial charge on any atom is 0.298 e. The zero-order valence-corrected chi connectivity index (χ0v) is 21.2. The zero-order chi connectivity index (χ0) is 26.4. The van der Waals surface area contributed by atoms with E-state index in [2.05, 4.69) is 15.2 Å². The average Bonchev–Trinajstić information content (AvgIpc) is 3.57. The average molecular weight is 531 g/mol. The van der Waals surface area contributed by atoms with Gasteiger partial charge in [-0.15, -0.1) is 11.3 Å². The molecule has 11 nitrogen and oxygen atoms in total. The zero-order valence-electron chi connectivity index (χ0n) is 20.4. The Morgan fingerprint density at radius 3 is 2.71 bits per heavy atom. The van der Waals surface area contributed by atoms with Crippen molar-refractivity contribution in [3.8, 4) is 11.4 Å². The minimum atomic E-state index is -0.460. The first-order chi connectivity index (χ1) is 18.4. The van der Waals surface area contributed by atoms with Crippen LogP contribution in [0.4, 0.5) is 17.2 Å². The summed E-state index contributed by atoms with van der Waals surface area (Å²) in [6, 6.07) is 17.1. The fourth-order valence-electron chi connectivity index (χ4n) is 4.94. The van der Waals surface area contributed by atoms with E-state index in [1.807, 2.05) is 42.5 Å². The third-order valence-electron chi connectivity index (χ3n) is 6.80. The van der Waals surface area contributed by atoms with Crippen LogP contribution < -0.4 is 32.0 Å². The van der Waals surface area contributed by atoms with Crippen molar-refractivity contribution in [2.24, 2.45) is 5.73 Å². The van der Waals surface area contributed by atoms with Crippen LogP contribution in [0.15, 0.2) is 59.4 Å². The molecule has 38 heavy (non-hydrogen) atoms. The maximum atomic E-state index is 13.3. The second-order valence-electron chi connectivity index (χ2n) is 9.22. The van der Waals surface area contributed by atoms with Gasteiger partial charge in [0, 0.05) is 24.8 Å². The van der Waals surface area contributed by atoms with Crippen molar-refractivity contribution >= 4 is 50.7 Å². The number of guanidine groups is 1. The van der Waals surface area contributed by atoms with Gasteiger partial charge in [-0.2, -0.15) is 0 Å². The Bertz CT molecular complexity index is 1620. The highest BCUT2D eigenvalue weighted by atomic mass is 32.1. The highest BCUT2D eigenvalue weighted by molar-refractivity contribution is 7.20. The van der Waals surface area contributed by atoms with Crippen LogP contribution in [0.25, 0.3) is 16.0 Å². The number of aromatic nitrogens is 2. The van der Waals surface area contributed by atoms with Gasteiger partial charge in [0.05, 0.1) is 28.3 Å². The Kier molecular flexibility index (Phi) is 5.87. The fraction of sp³-hybridized carbons (Fsp3) is 0.231. The normalized spacial score (nSPS) is 16.8. The van der Waals surface area contributed by atoms with E-state index in [1.165, 1.54) is 15.9 Å². The fourth-order valence-corrected chi connectivity index (χ4v) is 5.87. The summed E-state index contributed by atoms with van der Waals surface area (Å²) in [7, 11) is 0. The number of anilines is 3. The summed E-state index contributed by atoms with van der Waals surface area (Å²) in [4.78, 5) is 35.4. The van der Waals surface area contributed by atoms with E-state index >= 15 is 0 Å². The molecule has 194 valence electrons. The maximum absolute atomic E-state index is 13.3. The highest BCUT2D eigenvalue weighted by Gasteiger charge is 2.27. The van der Waals surface area contributed by atoms with Gasteiger partial charge in [-0.3, -0.25) is 19.6 Å². The Balaban J connectivity index is 1.38. The molecule has 0 radical (unpaired) electrons. The van der Waals surface area contributed by atoms with Gasteiger partial charge in [0.25, 0.3) is 11.5 Å². The van der Waals surface area contributed by atoms with Gasteiger partial charge < -0.3 is 31.3 Å². The molecule has 2 aliphatic rings. The number of benzene rings is 2. The van der Waals surface area contributed by atoms with Crippen LogP contribution in [0.5, 0.6) is 5.75 Å². The number of carbonyl (C=O) groups excluding carboxylic acids is 1. The van der Waals surface area contributed by atoms with E-state index < -0.39 is 5.56 Å². The first-order valence-corrected chi connectivity index (χ1v) is 13.0. The van der Waals surface area contributed by atoms with Crippen molar-refractivity contribution in [3.05, 3.63) is 69.8 Å². The lowest BCUT2D eigenvalue weighted by atomic mass is 10.1.